The molecule has 0 unspecified atom stereocenters. The molecule has 0 aliphatic heterocycles. The first-order valence-electron chi connectivity index (χ1n) is 13.9. The Morgan fingerprint density at radius 2 is 1.56 bits per heavy atom. The molecule has 4 aliphatic rings. The van der Waals surface area contributed by atoms with E-state index in [1.165, 1.54) is 73.9 Å². The Bertz CT molecular complexity index is 1430. The number of nitrogen functional groups attached to an aromatic ring is 1. The Kier molecular flexibility index (Phi) is 5.94. The molecule has 4 fully saturated rings. The summed E-state index contributed by atoms with van der Waals surface area (Å²) in [5, 5.41) is 0. The van der Waals surface area contributed by atoms with Gasteiger partial charge in [0.1, 0.15) is 18.2 Å². The van der Waals surface area contributed by atoms with Crippen molar-refractivity contribution < 1.29 is 13.5 Å². The van der Waals surface area contributed by atoms with E-state index >= 15 is 0 Å². The van der Waals surface area contributed by atoms with Crippen molar-refractivity contribution in [3.63, 3.8) is 0 Å². The second-order valence-electron chi connectivity index (χ2n) is 11.8. The Hall–Kier alpha value is -3.67. The number of aromatic nitrogens is 2. The summed E-state index contributed by atoms with van der Waals surface area (Å²) >= 11 is 0. The van der Waals surface area contributed by atoms with Crippen LogP contribution in [0.25, 0.3) is 11.1 Å². The summed E-state index contributed by atoms with van der Waals surface area (Å²) in [6.45, 7) is -0.272. The number of aromatic amines is 1. The predicted molar refractivity (Wildman–Crippen MR) is 148 cm³/mol. The molecule has 4 saturated carbocycles. The van der Waals surface area contributed by atoms with E-state index in [1.54, 1.807) is 12.3 Å². The maximum Gasteiger partial charge on any atom is 0.166 e. The van der Waals surface area contributed by atoms with Crippen LogP contribution in [0.15, 0.2) is 73.1 Å². The first kappa shape index (κ1) is 24.4. The predicted octanol–water partition coefficient (Wildman–Crippen LogP) is 7.70. The number of pyridine rings is 1. The average molecular weight is 525 g/mol. The quantitative estimate of drug-likeness (QED) is 0.260. The van der Waals surface area contributed by atoms with Gasteiger partial charge in [-0.3, -0.25) is 0 Å². The van der Waals surface area contributed by atoms with Crippen LogP contribution in [0, 0.1) is 40.7 Å². The maximum atomic E-state index is 14.1. The molecule has 8 rings (SSSR count). The highest BCUT2D eigenvalue weighted by molar-refractivity contribution is 5.68. The molecule has 3 N–H and O–H groups in total. The molecule has 199 valence electrons. The van der Waals surface area contributed by atoms with Crippen molar-refractivity contribution >= 4 is 5.82 Å². The first-order valence-corrected chi connectivity index (χ1v) is 13.9. The van der Waals surface area contributed by atoms with Gasteiger partial charge >= 0.3 is 0 Å². The summed E-state index contributed by atoms with van der Waals surface area (Å²) < 4.78 is 33.9. The van der Waals surface area contributed by atoms with Crippen LogP contribution in [0.3, 0.4) is 0 Å². The maximum absolute atomic E-state index is 14.1. The van der Waals surface area contributed by atoms with Crippen molar-refractivity contribution in [3.8, 4) is 16.9 Å². The zero-order valence-corrected chi connectivity index (χ0v) is 21.8. The van der Waals surface area contributed by atoms with Crippen LogP contribution in [0.5, 0.6) is 5.75 Å². The molecule has 6 heteroatoms. The number of ether oxygens (including phenoxy) is 1. The highest BCUT2D eigenvalue weighted by atomic mass is 19.1. The topological polar surface area (TPSA) is 63.9 Å². The van der Waals surface area contributed by atoms with Gasteiger partial charge in [-0.1, -0.05) is 30.3 Å². The normalized spacial score (nSPS) is 25.4. The number of hydrogen-bond acceptors (Lipinski definition) is 3. The first-order chi connectivity index (χ1) is 19.0. The van der Waals surface area contributed by atoms with Gasteiger partial charge in [-0.2, -0.15) is 0 Å². The van der Waals surface area contributed by atoms with Gasteiger partial charge in [-0.15, -0.1) is 0 Å². The summed E-state index contributed by atoms with van der Waals surface area (Å²) in [5.74, 6) is 3.21. The lowest BCUT2D eigenvalue weighted by molar-refractivity contribution is -0.0387. The lowest BCUT2D eigenvalue weighted by Crippen LogP contribution is -2.49. The van der Waals surface area contributed by atoms with Crippen LogP contribution < -0.4 is 10.5 Å². The fraction of sp³-hybridized carbons (Fsp3) is 0.333. The number of nitrogens with two attached hydrogens (primary N) is 1. The van der Waals surface area contributed by atoms with E-state index in [-0.39, 0.29) is 23.4 Å². The van der Waals surface area contributed by atoms with Gasteiger partial charge in [0.15, 0.2) is 11.6 Å². The van der Waals surface area contributed by atoms with Gasteiger partial charge < -0.3 is 15.5 Å². The lowest BCUT2D eigenvalue weighted by Gasteiger charge is -2.59. The zero-order valence-electron chi connectivity index (χ0n) is 21.8. The van der Waals surface area contributed by atoms with Crippen molar-refractivity contribution in [2.24, 2.45) is 23.2 Å². The molecule has 0 atom stereocenters. The summed E-state index contributed by atoms with van der Waals surface area (Å²) in [6.07, 6.45) is 11.8. The number of H-pyrrole nitrogens is 1. The van der Waals surface area contributed by atoms with E-state index < -0.39 is 11.6 Å². The highest BCUT2D eigenvalue weighted by Gasteiger charge is 2.55. The molecule has 2 heterocycles. The van der Waals surface area contributed by atoms with Gasteiger partial charge in [-0.25, -0.2) is 13.8 Å². The summed E-state index contributed by atoms with van der Waals surface area (Å²) in [4.78, 5) is 7.82. The van der Waals surface area contributed by atoms with Crippen LogP contribution >= 0.6 is 0 Å². The van der Waals surface area contributed by atoms with Crippen LogP contribution in [0.1, 0.15) is 55.3 Å². The smallest absolute Gasteiger partial charge is 0.166 e. The minimum Gasteiger partial charge on any atom is -0.485 e. The molecule has 1 radical (unpaired) electrons. The van der Waals surface area contributed by atoms with Crippen LogP contribution in [-0.4, -0.2) is 9.97 Å². The van der Waals surface area contributed by atoms with Crippen LogP contribution in [0.2, 0.25) is 0 Å². The molecule has 2 aromatic heterocycles. The molecule has 0 saturated heterocycles. The fourth-order valence-electron chi connectivity index (χ4n) is 8.03. The third kappa shape index (κ3) is 4.40. The molecule has 4 aliphatic carbocycles. The Balaban J connectivity index is 1.17. The highest BCUT2D eigenvalue weighted by Crippen LogP contribution is 2.65. The number of halogens is 2. The number of benzene rings is 2. The van der Waals surface area contributed by atoms with Gasteiger partial charge in [0.25, 0.3) is 0 Å². The number of nitrogens with zero attached hydrogens (tertiary/aromatic N) is 1. The van der Waals surface area contributed by atoms with E-state index in [1.807, 2.05) is 6.20 Å². The van der Waals surface area contributed by atoms with E-state index in [2.05, 4.69) is 46.4 Å². The third-order valence-electron chi connectivity index (χ3n) is 9.26. The van der Waals surface area contributed by atoms with Gasteiger partial charge in [0.2, 0.25) is 0 Å². The summed E-state index contributed by atoms with van der Waals surface area (Å²) in [6, 6.07) is 18.5. The van der Waals surface area contributed by atoms with Crippen molar-refractivity contribution in [1.29, 1.82) is 0 Å². The fourth-order valence-corrected chi connectivity index (χ4v) is 8.03. The molecule has 4 aromatic rings. The lowest BCUT2D eigenvalue weighted by atomic mass is 9.45. The van der Waals surface area contributed by atoms with Gasteiger partial charge in [-0.05, 0) is 103 Å². The summed E-state index contributed by atoms with van der Waals surface area (Å²) in [5.41, 5.74) is 10.4. The molecule has 39 heavy (non-hydrogen) atoms. The Labute approximate surface area is 227 Å². The minimum absolute atomic E-state index is 0.135. The number of rotatable bonds is 7. The molecular weight excluding hydrogens is 492 g/mol. The number of anilines is 1. The van der Waals surface area contributed by atoms with Crippen molar-refractivity contribution in [3.05, 3.63) is 107 Å². The molecule has 0 amide bonds. The summed E-state index contributed by atoms with van der Waals surface area (Å²) in [7, 11) is 0. The monoisotopic (exact) mass is 524 g/mol. The molecule has 2 aromatic carbocycles. The number of hydrogen-bond donors (Lipinski definition) is 2. The van der Waals surface area contributed by atoms with Crippen molar-refractivity contribution in [1.82, 2.24) is 9.97 Å². The van der Waals surface area contributed by atoms with Gasteiger partial charge in [0, 0.05) is 23.7 Å². The molecule has 4 nitrogen and oxygen atoms in total. The SMILES string of the molecule is Nc1ncc(-c2ccc([C](c3ccc[nH]3)C34CC5CC(CC(C5)C3)C4)cc2)cc1OCc1c(F)cccc1F. The second-order valence-corrected chi connectivity index (χ2v) is 11.8. The molecule has 4 bridgehead atoms. The van der Waals surface area contributed by atoms with Crippen LogP contribution in [-0.2, 0) is 6.61 Å². The number of nitrogens with one attached hydrogen (secondary N) is 1. The Morgan fingerprint density at radius 3 is 2.18 bits per heavy atom. The van der Waals surface area contributed by atoms with E-state index in [0.29, 0.717) is 5.75 Å². The van der Waals surface area contributed by atoms with E-state index in [0.717, 1.165) is 28.9 Å². The minimum atomic E-state index is -0.651. The van der Waals surface area contributed by atoms with Crippen molar-refractivity contribution in [2.75, 3.05) is 5.73 Å². The average Bonchev–Trinajstić information content (AvgIpc) is 3.43. The Morgan fingerprint density at radius 1 is 0.897 bits per heavy atom. The second kappa shape index (κ2) is 9.51. The largest absolute Gasteiger partial charge is 0.485 e. The standard InChI is InChI=1S/C33H32F2N3O/c34-27-3-1-4-28(35)26(27)19-39-30-14-25(18-38-32(30)36)23-6-8-24(9-7-23)31(29-5-2-10-37-29)33-15-20-11-21(16-33)13-22(12-20)17-33/h1-10,14,18,20-22,37H,11-13,15-17,19H2,(H2,36,38). The third-order valence-corrected chi connectivity index (χ3v) is 9.26. The van der Waals surface area contributed by atoms with Gasteiger partial charge in [0.05, 0.1) is 11.5 Å². The molecular formula is C33H32F2N3O. The van der Waals surface area contributed by atoms with Crippen LogP contribution in [0.4, 0.5) is 14.6 Å². The molecule has 0 spiro atoms. The van der Waals surface area contributed by atoms with E-state index in [9.17, 15) is 8.78 Å². The van der Waals surface area contributed by atoms with Crippen molar-refractivity contribution in [2.45, 2.75) is 45.1 Å². The zero-order chi connectivity index (χ0) is 26.6. The van der Waals surface area contributed by atoms with E-state index in [4.69, 9.17) is 10.5 Å².